The lowest BCUT2D eigenvalue weighted by molar-refractivity contribution is -0.133. The molecule has 1 saturated heterocycles. The average molecular weight is 458 g/mol. The molecule has 2 aromatic rings. The summed E-state index contributed by atoms with van der Waals surface area (Å²) in [5.41, 5.74) is 0.707. The van der Waals surface area contributed by atoms with Gasteiger partial charge >= 0.3 is 6.03 Å². The zero-order chi connectivity index (χ0) is 23.5. The maximum atomic E-state index is 13.1. The predicted octanol–water partition coefficient (Wildman–Crippen LogP) is 4.48. The summed E-state index contributed by atoms with van der Waals surface area (Å²) in [5, 5.41) is 5.99. The molecule has 2 aromatic carbocycles. The topological polar surface area (TPSA) is 87.7 Å². The zero-order valence-electron chi connectivity index (χ0n) is 18.7. The number of benzene rings is 2. The predicted molar refractivity (Wildman–Crippen MR) is 124 cm³/mol. The highest BCUT2D eigenvalue weighted by atomic mass is 35.5. The highest BCUT2D eigenvalue weighted by Crippen LogP contribution is 2.30. The van der Waals surface area contributed by atoms with Crippen LogP contribution in [0.25, 0.3) is 0 Å². The van der Waals surface area contributed by atoms with Crippen molar-refractivity contribution in [3.05, 3.63) is 58.6 Å². The van der Waals surface area contributed by atoms with Crippen molar-refractivity contribution in [2.45, 2.75) is 39.7 Å². The number of rotatable bonds is 8. The van der Waals surface area contributed by atoms with Crippen LogP contribution in [0.3, 0.4) is 0 Å². The number of urea groups is 1. The molecule has 3 rings (SSSR count). The number of anilines is 1. The van der Waals surface area contributed by atoms with Crippen LogP contribution in [0.5, 0.6) is 5.75 Å². The van der Waals surface area contributed by atoms with Crippen molar-refractivity contribution in [3.63, 3.8) is 0 Å². The van der Waals surface area contributed by atoms with Crippen LogP contribution in [0.2, 0.25) is 5.02 Å². The van der Waals surface area contributed by atoms with Gasteiger partial charge in [0, 0.05) is 10.7 Å². The van der Waals surface area contributed by atoms with Crippen molar-refractivity contribution < 1.29 is 19.1 Å². The Bertz CT molecular complexity index is 1020. The molecule has 0 aliphatic carbocycles. The Hall–Kier alpha value is -3.06. The summed E-state index contributed by atoms with van der Waals surface area (Å²) in [6, 6.07) is 11.5. The molecule has 1 aliphatic rings. The van der Waals surface area contributed by atoms with Crippen LogP contribution in [0.15, 0.2) is 42.5 Å². The minimum Gasteiger partial charge on any atom is -0.494 e. The van der Waals surface area contributed by atoms with E-state index >= 15 is 0 Å². The molecule has 170 valence electrons. The van der Waals surface area contributed by atoms with E-state index in [9.17, 15) is 14.4 Å². The Morgan fingerprint density at radius 3 is 2.50 bits per heavy atom. The van der Waals surface area contributed by atoms with Gasteiger partial charge in [-0.15, -0.1) is 0 Å². The quantitative estimate of drug-likeness (QED) is 0.572. The molecule has 1 atom stereocenters. The lowest BCUT2D eigenvalue weighted by Crippen LogP contribution is -2.42. The molecule has 0 saturated carbocycles. The first-order chi connectivity index (χ1) is 15.1. The van der Waals surface area contributed by atoms with Crippen molar-refractivity contribution in [1.82, 2.24) is 10.2 Å². The van der Waals surface area contributed by atoms with Crippen molar-refractivity contribution in [2.24, 2.45) is 5.92 Å². The van der Waals surface area contributed by atoms with E-state index < -0.39 is 29.9 Å². The molecule has 7 nitrogen and oxygen atoms in total. The van der Waals surface area contributed by atoms with Gasteiger partial charge in [-0.05, 0) is 67.6 Å². The number of imide groups is 1. The third kappa shape index (κ3) is 5.22. The molecule has 1 aliphatic heterocycles. The molecule has 1 fully saturated rings. The Kier molecular flexibility index (Phi) is 7.09. The molecule has 32 heavy (non-hydrogen) atoms. The first kappa shape index (κ1) is 23.6. The molecule has 1 heterocycles. The van der Waals surface area contributed by atoms with Crippen LogP contribution in [-0.2, 0) is 15.1 Å². The number of amides is 4. The second-order valence-electron chi connectivity index (χ2n) is 8.51. The monoisotopic (exact) mass is 457 g/mol. The maximum absolute atomic E-state index is 13.1. The average Bonchev–Trinajstić information content (AvgIpc) is 2.94. The van der Waals surface area contributed by atoms with E-state index in [1.54, 1.807) is 49.4 Å². The first-order valence-corrected chi connectivity index (χ1v) is 10.9. The molecule has 2 N–H and O–H groups in total. The zero-order valence-corrected chi connectivity index (χ0v) is 19.5. The lowest BCUT2D eigenvalue weighted by Gasteiger charge is -2.22. The fourth-order valence-corrected chi connectivity index (χ4v) is 3.66. The number of carbonyl (C=O) groups excluding carboxylic acids is 3. The van der Waals surface area contributed by atoms with Gasteiger partial charge in [-0.3, -0.25) is 14.5 Å². The van der Waals surface area contributed by atoms with E-state index in [0.717, 1.165) is 16.9 Å². The summed E-state index contributed by atoms with van der Waals surface area (Å²) >= 11 is 5.94. The normalized spacial score (nSPS) is 18.1. The Labute approximate surface area is 193 Å². The van der Waals surface area contributed by atoms with Gasteiger partial charge < -0.3 is 15.4 Å². The van der Waals surface area contributed by atoms with E-state index in [4.69, 9.17) is 16.3 Å². The van der Waals surface area contributed by atoms with Crippen LogP contribution >= 0.6 is 11.6 Å². The molecular weight excluding hydrogens is 430 g/mol. The molecule has 0 aromatic heterocycles. The van der Waals surface area contributed by atoms with E-state index in [0.29, 0.717) is 34.5 Å². The minimum atomic E-state index is -1.26. The summed E-state index contributed by atoms with van der Waals surface area (Å²) in [7, 11) is 0. The number of nitrogens with zero attached hydrogens (tertiary/aromatic N) is 1. The van der Waals surface area contributed by atoms with Crippen LogP contribution in [-0.4, -0.2) is 35.9 Å². The van der Waals surface area contributed by atoms with Crippen LogP contribution in [0.4, 0.5) is 10.5 Å². The Morgan fingerprint density at radius 1 is 1.19 bits per heavy atom. The van der Waals surface area contributed by atoms with Gasteiger partial charge in [-0.1, -0.05) is 37.6 Å². The summed E-state index contributed by atoms with van der Waals surface area (Å²) in [5.74, 6) is 0.284. The minimum absolute atomic E-state index is 0.390. The van der Waals surface area contributed by atoms with Crippen molar-refractivity contribution in [3.8, 4) is 5.75 Å². The number of halogens is 1. The van der Waals surface area contributed by atoms with Gasteiger partial charge in [0.05, 0.1) is 6.61 Å². The van der Waals surface area contributed by atoms with E-state index in [1.807, 2.05) is 6.92 Å². The van der Waals surface area contributed by atoms with E-state index in [1.165, 1.54) is 0 Å². The van der Waals surface area contributed by atoms with Crippen LogP contribution in [0, 0.1) is 12.8 Å². The number of hydrogen-bond acceptors (Lipinski definition) is 4. The molecule has 0 radical (unpaired) electrons. The lowest BCUT2D eigenvalue weighted by atomic mass is 9.92. The van der Waals surface area contributed by atoms with Crippen molar-refractivity contribution in [1.29, 1.82) is 0 Å². The van der Waals surface area contributed by atoms with Gasteiger partial charge in [0.15, 0.2) is 0 Å². The second-order valence-corrected chi connectivity index (χ2v) is 8.95. The molecule has 0 spiro atoms. The van der Waals surface area contributed by atoms with Gasteiger partial charge in [-0.2, -0.15) is 0 Å². The molecule has 0 bridgehead atoms. The number of ether oxygens (including phenoxy) is 1. The molecule has 0 unspecified atom stereocenters. The van der Waals surface area contributed by atoms with Gasteiger partial charge in [0.25, 0.3) is 5.91 Å². The van der Waals surface area contributed by atoms with Crippen molar-refractivity contribution in [2.75, 3.05) is 18.5 Å². The Morgan fingerprint density at radius 2 is 1.88 bits per heavy atom. The van der Waals surface area contributed by atoms with E-state index in [-0.39, 0.29) is 0 Å². The van der Waals surface area contributed by atoms with Gasteiger partial charge in [0.1, 0.15) is 17.8 Å². The van der Waals surface area contributed by atoms with Crippen molar-refractivity contribution >= 4 is 35.1 Å². The number of hydrogen-bond donors (Lipinski definition) is 2. The summed E-state index contributed by atoms with van der Waals surface area (Å²) in [6.07, 6.45) is 0.945. The smallest absolute Gasteiger partial charge is 0.325 e. The number of nitrogens with one attached hydrogen (secondary N) is 2. The van der Waals surface area contributed by atoms with Gasteiger partial charge in [-0.25, -0.2) is 4.79 Å². The molecule has 4 amide bonds. The molecular formula is C24H28ClN3O4. The summed E-state index contributed by atoms with van der Waals surface area (Å²) < 4.78 is 5.72. The highest BCUT2D eigenvalue weighted by molar-refractivity contribution is 6.30. The molecule has 8 heteroatoms. The highest BCUT2D eigenvalue weighted by Gasteiger charge is 2.49. The fraction of sp³-hybridized carbons (Fsp3) is 0.375. The SMILES string of the molecule is Cc1cc(Cl)ccc1NC(=O)CN1C(=O)N[C@](C)(c2ccc(OCCC(C)C)cc2)C1=O. The summed E-state index contributed by atoms with van der Waals surface area (Å²) in [4.78, 5) is 39.0. The summed E-state index contributed by atoms with van der Waals surface area (Å²) in [6.45, 7) is 7.92. The fourth-order valence-electron chi connectivity index (χ4n) is 3.43. The third-order valence-electron chi connectivity index (χ3n) is 5.43. The van der Waals surface area contributed by atoms with Crippen LogP contribution in [0.1, 0.15) is 38.3 Å². The first-order valence-electron chi connectivity index (χ1n) is 10.5. The van der Waals surface area contributed by atoms with Crippen LogP contribution < -0.4 is 15.4 Å². The van der Waals surface area contributed by atoms with E-state index in [2.05, 4.69) is 24.5 Å². The second kappa shape index (κ2) is 9.61. The Balaban J connectivity index is 1.67. The number of aryl methyl sites for hydroxylation is 1. The number of carbonyl (C=O) groups is 3. The maximum Gasteiger partial charge on any atom is 0.325 e. The van der Waals surface area contributed by atoms with Gasteiger partial charge in [0.2, 0.25) is 5.91 Å². The third-order valence-corrected chi connectivity index (χ3v) is 5.67. The largest absolute Gasteiger partial charge is 0.494 e. The standard InChI is InChI=1S/C24H28ClN3O4/c1-15(2)11-12-32-19-8-5-17(6-9-19)24(4)22(30)28(23(31)27-24)14-21(29)26-20-10-7-18(25)13-16(20)3/h5-10,13,15H,11-12,14H2,1-4H3,(H,26,29)(H,27,31)/t24-/m1/s1.